The molecule has 0 saturated carbocycles. The van der Waals surface area contributed by atoms with Crippen molar-refractivity contribution < 1.29 is 14.2 Å². The van der Waals surface area contributed by atoms with Crippen LogP contribution in [0.2, 0.25) is 0 Å². The van der Waals surface area contributed by atoms with Gasteiger partial charge < -0.3 is 19.5 Å². The van der Waals surface area contributed by atoms with Crippen molar-refractivity contribution in [1.29, 1.82) is 0 Å². The van der Waals surface area contributed by atoms with Crippen LogP contribution in [0.4, 0.5) is 5.69 Å². The number of para-hydroxylation sites is 1. The van der Waals surface area contributed by atoms with E-state index >= 15 is 0 Å². The van der Waals surface area contributed by atoms with Crippen molar-refractivity contribution in [2.75, 3.05) is 18.5 Å². The highest BCUT2D eigenvalue weighted by Gasteiger charge is 2.12. The quantitative estimate of drug-likeness (QED) is 0.526. The number of tetrazole rings is 1. The lowest BCUT2D eigenvalue weighted by Gasteiger charge is -2.19. The third kappa shape index (κ3) is 3.88. The van der Waals surface area contributed by atoms with Gasteiger partial charge in [0.15, 0.2) is 11.5 Å². The Hall–Kier alpha value is -4.07. The monoisotopic (exact) mass is 401 g/mol. The minimum Gasteiger partial charge on any atom is -0.486 e. The Bertz CT molecular complexity index is 1150. The predicted molar refractivity (Wildman–Crippen MR) is 110 cm³/mol. The van der Waals surface area contributed by atoms with E-state index in [1.54, 1.807) is 4.68 Å². The summed E-state index contributed by atoms with van der Waals surface area (Å²) in [4.78, 5) is 0. The van der Waals surface area contributed by atoms with Crippen LogP contribution in [-0.4, -0.2) is 33.4 Å². The Morgan fingerprint density at radius 1 is 0.900 bits per heavy atom. The van der Waals surface area contributed by atoms with Crippen LogP contribution < -0.4 is 19.5 Å². The highest BCUT2D eigenvalue weighted by Crippen LogP contribution is 2.32. The molecule has 1 aliphatic heterocycles. The summed E-state index contributed by atoms with van der Waals surface area (Å²) in [5.41, 5.74) is 2.84. The summed E-state index contributed by atoms with van der Waals surface area (Å²) in [5.74, 6) is 2.19. The Morgan fingerprint density at radius 2 is 1.77 bits per heavy atom. The van der Waals surface area contributed by atoms with Gasteiger partial charge in [-0.3, -0.25) is 0 Å². The number of rotatable bonds is 6. The van der Waals surface area contributed by atoms with Crippen molar-refractivity contribution >= 4 is 5.69 Å². The summed E-state index contributed by atoms with van der Waals surface area (Å²) in [5, 5.41) is 15.1. The van der Waals surface area contributed by atoms with E-state index < -0.39 is 0 Å². The molecule has 0 radical (unpaired) electrons. The third-order valence-corrected chi connectivity index (χ3v) is 4.59. The predicted octanol–water partition coefficient (Wildman–Crippen LogP) is 3.84. The Labute approximate surface area is 173 Å². The first-order chi connectivity index (χ1) is 14.8. The summed E-state index contributed by atoms with van der Waals surface area (Å²) in [6, 6.07) is 23.5. The molecule has 0 atom stereocenters. The van der Waals surface area contributed by atoms with Crippen LogP contribution in [0.3, 0.4) is 0 Å². The van der Waals surface area contributed by atoms with E-state index in [2.05, 4.69) is 20.8 Å². The topological polar surface area (TPSA) is 83.3 Å². The minimum absolute atomic E-state index is 0.304. The second kappa shape index (κ2) is 8.12. The molecular formula is C22H19N5O3. The number of nitrogens with zero attached hydrogens (tertiary/aromatic N) is 4. The van der Waals surface area contributed by atoms with Gasteiger partial charge in [-0.05, 0) is 52.4 Å². The molecule has 2 heterocycles. The van der Waals surface area contributed by atoms with Crippen molar-refractivity contribution in [2.24, 2.45) is 0 Å². The first kappa shape index (κ1) is 18.0. The normalized spacial score (nSPS) is 12.4. The molecule has 0 amide bonds. The summed E-state index contributed by atoms with van der Waals surface area (Å²) >= 11 is 0. The van der Waals surface area contributed by atoms with Gasteiger partial charge in [0, 0.05) is 18.3 Å². The number of ether oxygens (including phenoxy) is 3. The lowest BCUT2D eigenvalue weighted by Crippen LogP contribution is -2.15. The molecule has 8 heteroatoms. The average molecular weight is 401 g/mol. The highest BCUT2D eigenvalue weighted by molar-refractivity contribution is 5.55. The van der Waals surface area contributed by atoms with Gasteiger partial charge in [-0.2, -0.15) is 4.68 Å². The van der Waals surface area contributed by atoms with Crippen molar-refractivity contribution in [3.05, 3.63) is 78.4 Å². The highest BCUT2D eigenvalue weighted by atomic mass is 16.6. The second-order valence-corrected chi connectivity index (χ2v) is 6.67. The number of nitrogens with one attached hydrogen (secondary N) is 1. The zero-order valence-electron chi connectivity index (χ0n) is 16.1. The van der Waals surface area contributed by atoms with E-state index in [0.29, 0.717) is 31.5 Å². The van der Waals surface area contributed by atoms with E-state index in [4.69, 9.17) is 14.2 Å². The first-order valence-electron chi connectivity index (χ1n) is 9.59. The fraction of sp³-hybridized carbons (Fsp3) is 0.136. The number of anilines is 1. The molecule has 3 aromatic carbocycles. The van der Waals surface area contributed by atoms with Crippen molar-refractivity contribution in [3.63, 3.8) is 0 Å². The van der Waals surface area contributed by atoms with Crippen LogP contribution in [0.5, 0.6) is 23.3 Å². The molecule has 1 aromatic heterocycles. The molecule has 1 aliphatic rings. The van der Waals surface area contributed by atoms with Crippen molar-refractivity contribution in [1.82, 2.24) is 20.2 Å². The van der Waals surface area contributed by atoms with Gasteiger partial charge in [-0.15, -0.1) is 0 Å². The fourth-order valence-corrected chi connectivity index (χ4v) is 3.16. The molecule has 0 spiro atoms. The number of fused-ring (bicyclic) bond motifs is 1. The van der Waals surface area contributed by atoms with Gasteiger partial charge in [0.25, 0.3) is 0 Å². The van der Waals surface area contributed by atoms with Gasteiger partial charge in [0.05, 0.1) is 5.69 Å². The van der Waals surface area contributed by atoms with Crippen LogP contribution in [-0.2, 0) is 6.54 Å². The zero-order valence-corrected chi connectivity index (χ0v) is 16.1. The van der Waals surface area contributed by atoms with Gasteiger partial charge in [-0.1, -0.05) is 35.4 Å². The van der Waals surface area contributed by atoms with Crippen molar-refractivity contribution in [3.8, 4) is 28.9 Å². The molecule has 150 valence electrons. The van der Waals surface area contributed by atoms with Gasteiger partial charge >= 0.3 is 6.01 Å². The summed E-state index contributed by atoms with van der Waals surface area (Å²) in [7, 11) is 0. The summed E-state index contributed by atoms with van der Waals surface area (Å²) in [6.07, 6.45) is 0. The van der Waals surface area contributed by atoms with E-state index in [1.165, 1.54) is 0 Å². The smallest absolute Gasteiger partial charge is 0.345 e. The van der Waals surface area contributed by atoms with Gasteiger partial charge in [0.1, 0.15) is 19.0 Å². The molecule has 8 nitrogen and oxygen atoms in total. The summed E-state index contributed by atoms with van der Waals surface area (Å²) < 4.78 is 18.7. The standard InChI is InChI=1S/C22H19N5O3/c1-2-6-18(7-3-1)27-22(24-25-26-27)30-19-8-4-5-16(13-19)15-23-17-9-10-20-21(14-17)29-12-11-28-20/h1-10,13-14,23H,11-12,15H2. The maximum atomic E-state index is 5.93. The number of benzene rings is 3. The van der Waals surface area contributed by atoms with Crippen LogP contribution in [0.1, 0.15) is 5.56 Å². The number of hydrogen-bond donors (Lipinski definition) is 1. The number of aromatic nitrogens is 4. The molecule has 0 aliphatic carbocycles. The summed E-state index contributed by atoms with van der Waals surface area (Å²) in [6.45, 7) is 1.78. The van der Waals surface area contributed by atoms with Gasteiger partial charge in [0.2, 0.25) is 0 Å². The molecule has 0 saturated heterocycles. The Balaban J connectivity index is 1.28. The van der Waals surface area contributed by atoms with Crippen LogP contribution in [0, 0.1) is 0 Å². The maximum Gasteiger partial charge on any atom is 0.345 e. The van der Waals surface area contributed by atoms with Crippen LogP contribution in [0.25, 0.3) is 5.69 Å². The molecule has 0 unspecified atom stereocenters. The van der Waals surface area contributed by atoms with Crippen LogP contribution in [0.15, 0.2) is 72.8 Å². The van der Waals surface area contributed by atoms with Crippen LogP contribution >= 0.6 is 0 Å². The van der Waals surface area contributed by atoms with Gasteiger partial charge in [-0.25, -0.2) is 0 Å². The van der Waals surface area contributed by atoms with E-state index in [9.17, 15) is 0 Å². The molecular weight excluding hydrogens is 382 g/mol. The Kier molecular flexibility index (Phi) is 4.87. The first-order valence-corrected chi connectivity index (χ1v) is 9.59. The second-order valence-electron chi connectivity index (χ2n) is 6.67. The lowest BCUT2D eigenvalue weighted by molar-refractivity contribution is 0.171. The van der Waals surface area contributed by atoms with Crippen molar-refractivity contribution in [2.45, 2.75) is 6.54 Å². The van der Waals surface area contributed by atoms with E-state index in [0.717, 1.165) is 28.4 Å². The molecule has 5 rings (SSSR count). The molecule has 1 N–H and O–H groups in total. The molecule has 30 heavy (non-hydrogen) atoms. The third-order valence-electron chi connectivity index (χ3n) is 4.59. The van der Waals surface area contributed by atoms with E-state index in [1.807, 2.05) is 72.8 Å². The molecule has 0 bridgehead atoms. The largest absolute Gasteiger partial charge is 0.486 e. The molecule has 4 aromatic rings. The lowest BCUT2D eigenvalue weighted by atomic mass is 10.2. The number of hydrogen-bond acceptors (Lipinski definition) is 7. The Morgan fingerprint density at radius 3 is 2.67 bits per heavy atom. The van der Waals surface area contributed by atoms with E-state index in [-0.39, 0.29) is 0 Å². The average Bonchev–Trinajstić information content (AvgIpc) is 3.26. The SMILES string of the molecule is c1ccc(-n2nnnc2Oc2cccc(CNc3ccc4c(c3)OCCO4)c2)cc1. The molecule has 0 fully saturated rings. The zero-order chi connectivity index (χ0) is 20.2. The minimum atomic E-state index is 0.304. The maximum absolute atomic E-state index is 5.93. The fourth-order valence-electron chi connectivity index (χ4n) is 3.16.